The molecule has 170 valence electrons. The molecular weight excluding hydrogens is 501 g/mol. The molecule has 1 atom stereocenters. The molecule has 1 aliphatic heterocycles. The number of alkyl halides is 3. The lowest BCUT2D eigenvalue weighted by Crippen LogP contribution is -2.58. The van der Waals surface area contributed by atoms with E-state index in [-0.39, 0.29) is 23.9 Å². The summed E-state index contributed by atoms with van der Waals surface area (Å²) >= 11 is 17.2. The summed E-state index contributed by atoms with van der Waals surface area (Å²) in [4.78, 5) is 65.5. The van der Waals surface area contributed by atoms with Gasteiger partial charge in [-0.25, -0.2) is 19.4 Å². The second-order valence-corrected chi connectivity index (χ2v) is 9.33. The molecule has 1 aliphatic rings. The number of piperazine rings is 1. The highest BCUT2D eigenvalue weighted by atomic mass is 35.6. The fourth-order valence-electron chi connectivity index (χ4n) is 2.38. The highest BCUT2D eigenvalue weighted by Crippen LogP contribution is 2.26. The first-order valence-electron chi connectivity index (χ1n) is 8.53. The molecule has 1 aromatic heterocycles. The van der Waals surface area contributed by atoms with Gasteiger partial charge in [0.15, 0.2) is 11.2 Å². The number of hydrogen-bond donors (Lipinski definition) is 3. The summed E-state index contributed by atoms with van der Waals surface area (Å²) in [6.45, 7) is 1.50. The second-order valence-electron chi connectivity index (χ2n) is 5.96. The van der Waals surface area contributed by atoms with Crippen molar-refractivity contribution < 1.29 is 33.8 Å². The smallest absolute Gasteiger partial charge is 0.413 e. The topological polar surface area (TPSA) is 158 Å². The number of carboxylic acid groups (broad SMARTS) is 1. The maximum absolute atomic E-state index is 12.4. The van der Waals surface area contributed by atoms with E-state index in [4.69, 9.17) is 34.8 Å². The van der Waals surface area contributed by atoms with Crippen molar-refractivity contribution >= 4 is 81.2 Å². The van der Waals surface area contributed by atoms with E-state index >= 15 is 0 Å². The number of thiazole rings is 1. The lowest BCUT2D eigenvalue weighted by Gasteiger charge is -2.32. The van der Waals surface area contributed by atoms with Crippen molar-refractivity contribution in [3.05, 3.63) is 11.1 Å². The Hall–Kier alpha value is -2.35. The molecule has 1 saturated heterocycles. The number of ether oxygens (including phenoxy) is 1. The molecular formula is C15H16Cl3N5O7S. The zero-order valence-corrected chi connectivity index (χ0v) is 18.8. The number of anilines is 1. The Kier molecular flexibility index (Phi) is 8.28. The van der Waals surface area contributed by atoms with Crippen molar-refractivity contribution in [1.29, 1.82) is 0 Å². The minimum atomic E-state index is -1.81. The molecule has 0 saturated carbocycles. The summed E-state index contributed by atoms with van der Waals surface area (Å²) in [6.07, 6.45) is -0.999. The maximum atomic E-state index is 12.4. The molecule has 0 spiro atoms. The Labute approximate surface area is 194 Å². The third-order valence-electron chi connectivity index (χ3n) is 3.84. The second kappa shape index (κ2) is 10.3. The van der Waals surface area contributed by atoms with Gasteiger partial charge in [0.05, 0.1) is 5.69 Å². The number of hydrogen-bond acceptors (Lipinski definition) is 8. The number of carbonyl (C=O) groups is 5. The lowest BCUT2D eigenvalue weighted by atomic mass is 10.2. The SMILES string of the molecule is CCN1CCN(C(=O)NC(C(=O)O)c2csc(NC(=O)OCC(Cl)(Cl)Cl)n2)C(=O)C1=O. The van der Waals surface area contributed by atoms with Gasteiger partial charge in [0.25, 0.3) is 0 Å². The molecule has 0 radical (unpaired) electrons. The molecule has 2 rings (SSSR count). The molecule has 1 fully saturated rings. The van der Waals surface area contributed by atoms with Crippen LogP contribution in [-0.2, 0) is 19.1 Å². The molecule has 1 unspecified atom stereocenters. The molecule has 3 N–H and O–H groups in total. The molecule has 12 nitrogen and oxygen atoms in total. The van der Waals surface area contributed by atoms with E-state index in [1.807, 2.05) is 0 Å². The Morgan fingerprint density at radius 2 is 1.97 bits per heavy atom. The van der Waals surface area contributed by atoms with Gasteiger partial charge >= 0.3 is 29.9 Å². The number of nitrogens with zero attached hydrogens (tertiary/aromatic N) is 3. The number of carboxylic acids is 1. The van der Waals surface area contributed by atoms with Crippen LogP contribution in [0.25, 0.3) is 0 Å². The summed E-state index contributed by atoms with van der Waals surface area (Å²) in [5.74, 6) is -3.40. The van der Waals surface area contributed by atoms with E-state index in [1.165, 1.54) is 10.3 Å². The zero-order chi connectivity index (χ0) is 23.3. The van der Waals surface area contributed by atoms with Gasteiger partial charge in [-0.1, -0.05) is 34.8 Å². The Morgan fingerprint density at radius 1 is 1.29 bits per heavy atom. The molecule has 0 aromatic carbocycles. The first kappa shape index (κ1) is 24.9. The molecule has 1 aromatic rings. The summed E-state index contributed by atoms with van der Waals surface area (Å²) in [7, 11) is 0. The third kappa shape index (κ3) is 6.82. The minimum absolute atomic E-state index is 0.0485. The van der Waals surface area contributed by atoms with E-state index in [0.29, 0.717) is 11.4 Å². The van der Waals surface area contributed by atoms with Gasteiger partial charge in [0, 0.05) is 25.0 Å². The van der Waals surface area contributed by atoms with Gasteiger partial charge in [0.1, 0.15) is 6.61 Å². The van der Waals surface area contributed by atoms with Gasteiger partial charge < -0.3 is 20.1 Å². The van der Waals surface area contributed by atoms with Crippen LogP contribution in [0.4, 0.5) is 14.7 Å². The Bertz CT molecular complexity index is 891. The fraction of sp³-hybridized carbons (Fsp3) is 0.467. The monoisotopic (exact) mass is 515 g/mol. The van der Waals surface area contributed by atoms with Crippen LogP contribution in [0, 0.1) is 0 Å². The van der Waals surface area contributed by atoms with Crippen LogP contribution in [0.1, 0.15) is 18.7 Å². The standard InChI is InChI=1S/C15H16Cl3N5O7S/c1-2-22-3-4-23(10(25)9(22)24)13(28)20-8(11(26)27)7-5-31-12(19-7)21-14(29)30-6-15(16,17)18/h5,8H,2-4,6H2,1H3,(H,20,28)(H,26,27)(H,19,21,29). The highest BCUT2D eigenvalue weighted by molar-refractivity contribution is 7.13. The number of imide groups is 1. The van der Waals surface area contributed by atoms with Crippen LogP contribution in [0.15, 0.2) is 5.38 Å². The molecule has 5 amide bonds. The van der Waals surface area contributed by atoms with Crippen LogP contribution in [0.2, 0.25) is 0 Å². The predicted molar refractivity (Wildman–Crippen MR) is 110 cm³/mol. The van der Waals surface area contributed by atoms with Gasteiger partial charge in [-0.15, -0.1) is 11.3 Å². The molecule has 2 heterocycles. The number of aliphatic carboxylic acids is 1. The molecule has 0 aliphatic carbocycles. The van der Waals surface area contributed by atoms with Crippen molar-refractivity contribution in [2.75, 3.05) is 31.6 Å². The lowest BCUT2D eigenvalue weighted by molar-refractivity contribution is -0.153. The van der Waals surface area contributed by atoms with Crippen LogP contribution in [0.3, 0.4) is 0 Å². The number of amides is 5. The van der Waals surface area contributed by atoms with E-state index < -0.39 is 46.3 Å². The van der Waals surface area contributed by atoms with Crippen molar-refractivity contribution in [1.82, 2.24) is 20.1 Å². The largest absolute Gasteiger partial charge is 0.479 e. The molecule has 31 heavy (non-hydrogen) atoms. The van der Waals surface area contributed by atoms with Gasteiger partial charge in [-0.2, -0.15) is 0 Å². The summed E-state index contributed by atoms with van der Waals surface area (Å²) in [5, 5.41) is 15.0. The fourth-order valence-corrected chi connectivity index (χ4v) is 3.27. The van der Waals surface area contributed by atoms with Crippen LogP contribution in [-0.4, -0.2) is 79.8 Å². The minimum Gasteiger partial charge on any atom is -0.479 e. The molecule has 0 bridgehead atoms. The number of nitrogens with one attached hydrogen (secondary N) is 2. The van der Waals surface area contributed by atoms with E-state index in [0.717, 1.165) is 11.3 Å². The van der Waals surface area contributed by atoms with Crippen molar-refractivity contribution in [2.45, 2.75) is 16.8 Å². The van der Waals surface area contributed by atoms with Crippen molar-refractivity contribution in [2.24, 2.45) is 0 Å². The number of aromatic nitrogens is 1. The quantitative estimate of drug-likeness (QED) is 0.380. The van der Waals surface area contributed by atoms with Crippen LogP contribution in [0.5, 0.6) is 0 Å². The predicted octanol–water partition coefficient (Wildman–Crippen LogP) is 1.59. The van der Waals surface area contributed by atoms with Gasteiger partial charge in [0.2, 0.25) is 3.79 Å². The first-order valence-corrected chi connectivity index (χ1v) is 10.5. The average Bonchev–Trinajstić information content (AvgIpc) is 3.13. The summed E-state index contributed by atoms with van der Waals surface area (Å²) in [6, 6.07) is -2.71. The Morgan fingerprint density at radius 3 is 2.55 bits per heavy atom. The summed E-state index contributed by atoms with van der Waals surface area (Å²) in [5.41, 5.74) is -0.131. The first-order chi connectivity index (χ1) is 14.4. The van der Waals surface area contributed by atoms with E-state index in [9.17, 15) is 29.1 Å². The zero-order valence-electron chi connectivity index (χ0n) is 15.8. The average molecular weight is 517 g/mol. The van der Waals surface area contributed by atoms with Gasteiger partial charge in [-0.3, -0.25) is 19.8 Å². The van der Waals surface area contributed by atoms with Gasteiger partial charge in [-0.05, 0) is 6.92 Å². The van der Waals surface area contributed by atoms with Crippen molar-refractivity contribution in [3.63, 3.8) is 0 Å². The maximum Gasteiger partial charge on any atom is 0.413 e. The summed E-state index contributed by atoms with van der Waals surface area (Å²) < 4.78 is 2.85. The normalized spacial score (nSPS) is 15.5. The number of likely N-dealkylation sites (N-methyl/N-ethyl adjacent to an activating group) is 1. The number of halogens is 3. The van der Waals surface area contributed by atoms with Crippen LogP contribution >= 0.6 is 46.1 Å². The molecule has 16 heteroatoms. The third-order valence-corrected chi connectivity index (χ3v) is 4.95. The number of urea groups is 1. The highest BCUT2D eigenvalue weighted by Gasteiger charge is 2.37. The number of rotatable bonds is 6. The van der Waals surface area contributed by atoms with Crippen molar-refractivity contribution in [3.8, 4) is 0 Å². The number of carbonyl (C=O) groups excluding carboxylic acids is 4. The van der Waals surface area contributed by atoms with E-state index in [1.54, 1.807) is 6.92 Å². The Balaban J connectivity index is 2.04. The van der Waals surface area contributed by atoms with Crippen LogP contribution < -0.4 is 10.6 Å². The van der Waals surface area contributed by atoms with E-state index in [2.05, 4.69) is 20.4 Å².